The largest absolute Gasteiger partial charge is 0.451 e. The lowest BCUT2D eigenvalue weighted by Gasteiger charge is -2.36. The maximum absolute atomic E-state index is 13.9. The molecule has 0 radical (unpaired) electrons. The molecular weight excluding hydrogens is 479 g/mol. The normalized spacial score (nSPS) is 27.9. The van der Waals surface area contributed by atoms with Gasteiger partial charge < -0.3 is 9.64 Å². The Kier molecular flexibility index (Phi) is 8.70. The van der Waals surface area contributed by atoms with Crippen LogP contribution in [-0.2, 0) is 26.9 Å². The van der Waals surface area contributed by atoms with Crippen molar-refractivity contribution in [1.82, 2.24) is 4.90 Å². The van der Waals surface area contributed by atoms with Gasteiger partial charge in [0.25, 0.3) is 5.91 Å². The molecular formula is C30H40F3NO3. The minimum absolute atomic E-state index is 0.0638. The van der Waals surface area contributed by atoms with Crippen LogP contribution in [0.25, 0.3) is 0 Å². The zero-order valence-corrected chi connectivity index (χ0v) is 22.2. The summed E-state index contributed by atoms with van der Waals surface area (Å²) < 4.78 is 44.7. The predicted molar refractivity (Wildman–Crippen MR) is 137 cm³/mol. The fraction of sp³-hybridized carbons (Fsp3) is 0.667. The van der Waals surface area contributed by atoms with Crippen LogP contribution in [0, 0.1) is 11.8 Å². The number of nitrogens with zero attached hydrogens (tertiary/aromatic N) is 1. The van der Waals surface area contributed by atoms with Crippen molar-refractivity contribution < 1.29 is 27.5 Å². The molecule has 4 nitrogen and oxygen atoms in total. The molecule has 7 heteroatoms. The van der Waals surface area contributed by atoms with Gasteiger partial charge >= 0.3 is 12.1 Å². The van der Waals surface area contributed by atoms with Gasteiger partial charge in [-0.2, -0.15) is 13.2 Å². The highest BCUT2D eigenvalue weighted by Gasteiger charge is 2.50. The Hall–Kier alpha value is -2.31. The molecule has 1 spiro atoms. The van der Waals surface area contributed by atoms with Crippen LogP contribution >= 0.6 is 0 Å². The van der Waals surface area contributed by atoms with Gasteiger partial charge in [0.2, 0.25) is 0 Å². The van der Waals surface area contributed by atoms with Gasteiger partial charge in [0.15, 0.2) is 0 Å². The molecule has 3 aliphatic rings. The molecule has 4 rings (SSSR count). The first kappa shape index (κ1) is 27.7. The third-order valence-electron chi connectivity index (χ3n) is 8.79. The molecule has 1 saturated carbocycles. The number of benzene rings is 1. The fourth-order valence-corrected chi connectivity index (χ4v) is 6.55. The lowest BCUT2D eigenvalue weighted by Crippen LogP contribution is -2.44. The van der Waals surface area contributed by atoms with Crippen molar-refractivity contribution in [3.63, 3.8) is 0 Å². The van der Waals surface area contributed by atoms with E-state index in [1.54, 1.807) is 19.1 Å². The monoisotopic (exact) mass is 519 g/mol. The van der Waals surface area contributed by atoms with Crippen molar-refractivity contribution in [1.29, 1.82) is 0 Å². The van der Waals surface area contributed by atoms with E-state index in [0.29, 0.717) is 55.3 Å². The minimum Gasteiger partial charge on any atom is -0.451 e. The van der Waals surface area contributed by atoms with Crippen LogP contribution in [0.4, 0.5) is 13.2 Å². The van der Waals surface area contributed by atoms with E-state index in [4.69, 9.17) is 4.74 Å². The molecule has 1 saturated heterocycles. The van der Waals surface area contributed by atoms with Crippen molar-refractivity contribution in [3.8, 4) is 0 Å². The van der Waals surface area contributed by atoms with Gasteiger partial charge in [0.05, 0.1) is 11.1 Å². The first-order valence-corrected chi connectivity index (χ1v) is 14.0. The molecule has 1 amide bonds. The maximum atomic E-state index is 13.9. The van der Waals surface area contributed by atoms with Crippen molar-refractivity contribution in [3.05, 3.63) is 46.5 Å². The minimum atomic E-state index is -4.33. The number of carbonyl (C=O) groups is 2. The number of amides is 1. The number of rotatable bonds is 4. The standard InChI is InChI=1S/C30H40F3NO3/c1-3-22-9-6-16-29(17-7-10-22)26(21(2)28(36)37-29)27(35)34-18-5-4-8-23(15-19-34)20-24-11-13-25(14-12-24)30(31,32)33/h11-14,22-23H,3-10,15-20H2,1-2H3. The molecule has 1 unspecified atom stereocenters. The van der Waals surface area contributed by atoms with E-state index in [-0.39, 0.29) is 11.9 Å². The number of hydrogen-bond acceptors (Lipinski definition) is 3. The van der Waals surface area contributed by atoms with Crippen molar-refractivity contribution >= 4 is 11.9 Å². The van der Waals surface area contributed by atoms with E-state index < -0.39 is 17.3 Å². The van der Waals surface area contributed by atoms with Crippen LogP contribution < -0.4 is 0 Å². The molecule has 1 aromatic rings. The number of hydrogen-bond donors (Lipinski definition) is 0. The summed E-state index contributed by atoms with van der Waals surface area (Å²) in [5, 5.41) is 0. The van der Waals surface area contributed by atoms with Gasteiger partial charge in [-0.05, 0) is 87.8 Å². The van der Waals surface area contributed by atoms with E-state index in [1.165, 1.54) is 0 Å². The highest BCUT2D eigenvalue weighted by Crippen LogP contribution is 2.44. The van der Waals surface area contributed by atoms with Gasteiger partial charge in [0.1, 0.15) is 5.60 Å². The number of ether oxygens (including phenoxy) is 1. The average Bonchev–Trinajstić information content (AvgIpc) is 3.07. The van der Waals surface area contributed by atoms with E-state index in [2.05, 4.69) is 6.92 Å². The molecule has 2 heterocycles. The van der Waals surface area contributed by atoms with Crippen LogP contribution in [-0.4, -0.2) is 35.5 Å². The van der Waals surface area contributed by atoms with Crippen molar-refractivity contribution in [2.24, 2.45) is 11.8 Å². The third kappa shape index (κ3) is 6.40. The summed E-state index contributed by atoms with van der Waals surface area (Å²) in [7, 11) is 0. The summed E-state index contributed by atoms with van der Waals surface area (Å²) >= 11 is 0. The van der Waals surface area contributed by atoms with Crippen LogP contribution in [0.3, 0.4) is 0 Å². The first-order valence-electron chi connectivity index (χ1n) is 14.0. The smallest absolute Gasteiger partial charge is 0.416 e. The average molecular weight is 520 g/mol. The number of esters is 1. The molecule has 0 N–H and O–H groups in total. The number of carbonyl (C=O) groups excluding carboxylic acids is 2. The molecule has 1 aromatic carbocycles. The number of halogens is 3. The first-order chi connectivity index (χ1) is 17.6. The Morgan fingerprint density at radius 3 is 2.24 bits per heavy atom. The van der Waals surface area contributed by atoms with Crippen molar-refractivity contribution in [2.75, 3.05) is 13.1 Å². The molecule has 37 heavy (non-hydrogen) atoms. The lowest BCUT2D eigenvalue weighted by atomic mass is 9.77. The maximum Gasteiger partial charge on any atom is 0.416 e. The second kappa shape index (κ2) is 11.6. The van der Waals surface area contributed by atoms with Crippen LogP contribution in [0.15, 0.2) is 35.4 Å². The quantitative estimate of drug-likeness (QED) is 0.393. The lowest BCUT2D eigenvalue weighted by molar-refractivity contribution is -0.149. The summed E-state index contributed by atoms with van der Waals surface area (Å²) in [6, 6.07) is 5.44. The molecule has 1 atom stereocenters. The van der Waals surface area contributed by atoms with Gasteiger partial charge in [0, 0.05) is 18.7 Å². The van der Waals surface area contributed by atoms with E-state index in [0.717, 1.165) is 75.5 Å². The summed E-state index contributed by atoms with van der Waals surface area (Å²) in [5.41, 5.74) is 0.506. The Labute approximate surface area is 218 Å². The molecule has 2 aliphatic heterocycles. The zero-order chi connectivity index (χ0) is 26.6. The van der Waals surface area contributed by atoms with E-state index in [9.17, 15) is 22.8 Å². The third-order valence-corrected chi connectivity index (χ3v) is 8.79. The van der Waals surface area contributed by atoms with Gasteiger partial charge in [-0.1, -0.05) is 44.7 Å². The van der Waals surface area contributed by atoms with Gasteiger partial charge in [-0.3, -0.25) is 4.79 Å². The predicted octanol–water partition coefficient (Wildman–Crippen LogP) is 7.26. The number of alkyl halides is 3. The second-order valence-electron chi connectivity index (χ2n) is 11.3. The Morgan fingerprint density at radius 2 is 1.62 bits per heavy atom. The molecule has 0 bridgehead atoms. The summed E-state index contributed by atoms with van der Waals surface area (Å²) in [6.07, 6.45) is 6.68. The summed E-state index contributed by atoms with van der Waals surface area (Å²) in [5.74, 6) is 0.578. The van der Waals surface area contributed by atoms with Crippen LogP contribution in [0.2, 0.25) is 0 Å². The van der Waals surface area contributed by atoms with E-state index in [1.807, 2.05) is 4.90 Å². The SMILES string of the molecule is CCC1CCCC2(CCC1)OC(=O)C(C)=C2C(=O)N1CCCCC(Cc2ccc(C(F)(F)F)cc2)CC1. The zero-order valence-electron chi connectivity index (χ0n) is 22.2. The molecule has 1 aliphatic carbocycles. The highest BCUT2D eigenvalue weighted by molar-refractivity contribution is 6.07. The molecule has 2 fully saturated rings. The molecule has 0 aromatic heterocycles. The van der Waals surface area contributed by atoms with Crippen LogP contribution in [0.1, 0.15) is 95.6 Å². The van der Waals surface area contributed by atoms with Crippen LogP contribution in [0.5, 0.6) is 0 Å². The summed E-state index contributed by atoms with van der Waals surface area (Å²) in [4.78, 5) is 28.5. The van der Waals surface area contributed by atoms with E-state index >= 15 is 0 Å². The second-order valence-corrected chi connectivity index (χ2v) is 11.3. The highest BCUT2D eigenvalue weighted by atomic mass is 19.4. The topological polar surface area (TPSA) is 46.6 Å². The molecule has 204 valence electrons. The number of likely N-dealkylation sites (tertiary alicyclic amines) is 1. The Morgan fingerprint density at radius 1 is 0.973 bits per heavy atom. The van der Waals surface area contributed by atoms with Gasteiger partial charge in [-0.25, -0.2) is 4.79 Å². The van der Waals surface area contributed by atoms with Gasteiger partial charge in [-0.15, -0.1) is 0 Å². The fourth-order valence-electron chi connectivity index (χ4n) is 6.55. The Bertz CT molecular complexity index is 988. The Balaban J connectivity index is 1.44. The van der Waals surface area contributed by atoms with Crippen molar-refractivity contribution in [2.45, 2.75) is 103 Å². The summed E-state index contributed by atoms with van der Waals surface area (Å²) in [6.45, 7) is 5.20.